The lowest BCUT2D eigenvalue weighted by Gasteiger charge is -2.04. The van der Waals surface area contributed by atoms with Crippen LogP contribution in [0.2, 0.25) is 0 Å². The summed E-state index contributed by atoms with van der Waals surface area (Å²) in [6, 6.07) is 13.0. The van der Waals surface area contributed by atoms with Crippen LogP contribution in [0.25, 0.3) is 0 Å². The van der Waals surface area contributed by atoms with Crippen molar-refractivity contribution in [1.82, 2.24) is 5.32 Å². The molecule has 0 radical (unpaired) electrons. The van der Waals surface area contributed by atoms with Crippen LogP contribution in [0.3, 0.4) is 0 Å². The molecule has 0 saturated heterocycles. The summed E-state index contributed by atoms with van der Waals surface area (Å²) >= 11 is 4.16. The van der Waals surface area contributed by atoms with E-state index in [0.717, 1.165) is 19.5 Å². The van der Waals surface area contributed by atoms with Gasteiger partial charge in [-0.1, -0.05) is 18.2 Å². The maximum absolute atomic E-state index is 3.46. The van der Waals surface area contributed by atoms with E-state index in [9.17, 15) is 0 Å². The minimum Gasteiger partial charge on any atom is -0.312 e. The predicted octanol–water partition coefficient (Wildman–Crippen LogP) is 3.69. The quantitative estimate of drug-likeness (QED) is 0.645. The Balaban J connectivity index is 1.70. The van der Waals surface area contributed by atoms with E-state index in [-0.39, 0.29) is 0 Å². The van der Waals surface area contributed by atoms with Crippen molar-refractivity contribution in [2.24, 2.45) is 0 Å². The highest BCUT2D eigenvalue weighted by molar-refractivity contribution is 14.1. The van der Waals surface area contributed by atoms with Crippen LogP contribution in [-0.2, 0) is 13.0 Å². The number of rotatable bonds is 5. The average Bonchev–Trinajstić information content (AvgIpc) is 2.80. The Bertz CT molecular complexity index is 408. The second-order valence-corrected chi connectivity index (χ2v) is 5.91. The fourth-order valence-electron chi connectivity index (χ4n) is 1.50. The minimum absolute atomic E-state index is 0.961. The number of thiophene rings is 1. The van der Waals surface area contributed by atoms with Gasteiger partial charge in [0.05, 0.1) is 0 Å². The highest BCUT2D eigenvalue weighted by Crippen LogP contribution is 2.09. The highest BCUT2D eigenvalue weighted by atomic mass is 127. The van der Waals surface area contributed by atoms with Gasteiger partial charge < -0.3 is 5.32 Å². The number of benzene rings is 1. The molecular formula is C13H14INS. The average molecular weight is 343 g/mol. The zero-order valence-corrected chi connectivity index (χ0v) is 11.9. The molecule has 3 heteroatoms. The molecule has 2 aromatic rings. The third-order valence-corrected chi connectivity index (χ3v) is 4.03. The van der Waals surface area contributed by atoms with Crippen LogP contribution in [0.15, 0.2) is 41.8 Å². The molecule has 0 aliphatic rings. The Morgan fingerprint density at radius 2 is 1.94 bits per heavy atom. The summed E-state index contributed by atoms with van der Waals surface area (Å²) in [5, 5.41) is 5.60. The molecule has 1 heterocycles. The van der Waals surface area contributed by atoms with Crippen molar-refractivity contribution in [2.75, 3.05) is 6.54 Å². The van der Waals surface area contributed by atoms with Crippen molar-refractivity contribution in [2.45, 2.75) is 13.0 Å². The molecule has 0 unspecified atom stereocenters. The van der Waals surface area contributed by atoms with Gasteiger partial charge in [0.2, 0.25) is 0 Å². The highest BCUT2D eigenvalue weighted by Gasteiger charge is 1.95. The molecule has 0 fully saturated rings. The Morgan fingerprint density at radius 3 is 2.62 bits per heavy atom. The maximum atomic E-state index is 3.46. The monoisotopic (exact) mass is 343 g/mol. The van der Waals surface area contributed by atoms with Gasteiger partial charge in [0, 0.05) is 21.5 Å². The van der Waals surface area contributed by atoms with Crippen LogP contribution in [0.5, 0.6) is 0 Å². The molecular weight excluding hydrogens is 329 g/mol. The molecule has 16 heavy (non-hydrogen) atoms. The molecule has 0 aliphatic carbocycles. The largest absolute Gasteiger partial charge is 0.312 e. The van der Waals surface area contributed by atoms with Crippen molar-refractivity contribution < 1.29 is 0 Å². The van der Waals surface area contributed by atoms with E-state index in [4.69, 9.17) is 0 Å². The van der Waals surface area contributed by atoms with Crippen LogP contribution in [-0.4, -0.2) is 6.54 Å². The van der Waals surface area contributed by atoms with E-state index in [1.54, 1.807) is 0 Å². The molecule has 1 nitrogen and oxygen atoms in total. The second-order valence-electron chi connectivity index (χ2n) is 3.63. The Kier molecular flexibility index (Phi) is 4.81. The Labute approximate surface area is 114 Å². The van der Waals surface area contributed by atoms with Gasteiger partial charge in [0.1, 0.15) is 0 Å². The predicted molar refractivity (Wildman–Crippen MR) is 78.9 cm³/mol. The van der Waals surface area contributed by atoms with Crippen molar-refractivity contribution in [1.29, 1.82) is 0 Å². The first-order valence-electron chi connectivity index (χ1n) is 5.32. The van der Waals surface area contributed by atoms with E-state index in [2.05, 4.69) is 69.7 Å². The minimum atomic E-state index is 0.961. The molecule has 0 atom stereocenters. The van der Waals surface area contributed by atoms with E-state index in [1.165, 1.54) is 14.0 Å². The number of hydrogen-bond acceptors (Lipinski definition) is 2. The topological polar surface area (TPSA) is 12.0 Å². The zero-order chi connectivity index (χ0) is 11.2. The van der Waals surface area contributed by atoms with Gasteiger partial charge in [0.15, 0.2) is 0 Å². The molecule has 0 saturated carbocycles. The lowest BCUT2D eigenvalue weighted by atomic mass is 10.2. The van der Waals surface area contributed by atoms with Crippen molar-refractivity contribution in [3.8, 4) is 0 Å². The fourth-order valence-corrected chi connectivity index (χ4v) is 2.57. The van der Waals surface area contributed by atoms with Gasteiger partial charge in [-0.25, -0.2) is 0 Å². The Hall–Kier alpha value is -0.390. The number of halogens is 1. The molecule has 1 N–H and O–H groups in total. The molecule has 0 aliphatic heterocycles. The number of nitrogens with one attached hydrogen (secondary N) is 1. The summed E-state index contributed by atoms with van der Waals surface area (Å²) in [6.07, 6.45) is 1.13. The fraction of sp³-hybridized carbons (Fsp3) is 0.231. The first-order valence-corrected chi connectivity index (χ1v) is 7.28. The van der Waals surface area contributed by atoms with Gasteiger partial charge in [-0.2, -0.15) is 0 Å². The standard InChI is InChI=1S/C13H14INS/c14-12-5-3-11(4-6-12)10-15-8-7-13-2-1-9-16-13/h1-6,9,15H,7-8,10H2. The summed E-state index contributed by atoms with van der Waals surface area (Å²) in [7, 11) is 0. The molecule has 2 rings (SSSR count). The van der Waals surface area contributed by atoms with Crippen molar-refractivity contribution >= 4 is 33.9 Å². The zero-order valence-electron chi connectivity index (χ0n) is 8.95. The lowest BCUT2D eigenvalue weighted by molar-refractivity contribution is 0.690. The van der Waals surface area contributed by atoms with Gasteiger partial charge in [-0.15, -0.1) is 11.3 Å². The summed E-state index contributed by atoms with van der Waals surface area (Å²) in [5.41, 5.74) is 1.35. The lowest BCUT2D eigenvalue weighted by Crippen LogP contribution is -2.16. The molecule has 0 bridgehead atoms. The summed E-state index contributed by atoms with van der Waals surface area (Å²) in [4.78, 5) is 1.45. The van der Waals surface area contributed by atoms with E-state index in [0.29, 0.717) is 0 Å². The van der Waals surface area contributed by atoms with Gasteiger partial charge in [0.25, 0.3) is 0 Å². The van der Waals surface area contributed by atoms with Crippen LogP contribution < -0.4 is 5.32 Å². The SMILES string of the molecule is Ic1ccc(CNCCc2cccs2)cc1. The summed E-state index contributed by atoms with van der Waals surface area (Å²) < 4.78 is 1.29. The van der Waals surface area contributed by atoms with Gasteiger partial charge in [-0.05, 0) is 58.2 Å². The molecule has 1 aromatic carbocycles. The van der Waals surface area contributed by atoms with Crippen LogP contribution >= 0.6 is 33.9 Å². The van der Waals surface area contributed by atoms with Crippen LogP contribution in [0.4, 0.5) is 0 Å². The second kappa shape index (κ2) is 6.37. The van der Waals surface area contributed by atoms with Crippen molar-refractivity contribution in [3.63, 3.8) is 0 Å². The third kappa shape index (κ3) is 3.88. The molecule has 0 spiro atoms. The first kappa shape index (κ1) is 12.1. The van der Waals surface area contributed by atoms with Crippen LogP contribution in [0, 0.1) is 3.57 Å². The summed E-state index contributed by atoms with van der Waals surface area (Å²) in [5.74, 6) is 0. The third-order valence-electron chi connectivity index (χ3n) is 2.37. The molecule has 84 valence electrons. The van der Waals surface area contributed by atoms with E-state index >= 15 is 0 Å². The van der Waals surface area contributed by atoms with Crippen molar-refractivity contribution in [3.05, 3.63) is 55.8 Å². The molecule has 0 amide bonds. The summed E-state index contributed by atoms with van der Waals surface area (Å²) in [6.45, 7) is 2.01. The number of hydrogen-bond donors (Lipinski definition) is 1. The Morgan fingerprint density at radius 1 is 1.12 bits per heavy atom. The van der Waals surface area contributed by atoms with E-state index in [1.807, 2.05) is 11.3 Å². The molecule has 1 aromatic heterocycles. The van der Waals surface area contributed by atoms with Gasteiger partial charge in [-0.3, -0.25) is 0 Å². The maximum Gasteiger partial charge on any atom is 0.0205 e. The van der Waals surface area contributed by atoms with Crippen LogP contribution in [0.1, 0.15) is 10.4 Å². The van der Waals surface area contributed by atoms with Gasteiger partial charge >= 0.3 is 0 Å². The first-order chi connectivity index (χ1) is 7.84. The van der Waals surface area contributed by atoms with E-state index < -0.39 is 0 Å². The smallest absolute Gasteiger partial charge is 0.0205 e. The normalized spacial score (nSPS) is 10.6.